The smallest absolute Gasteiger partial charge is 0.165 e. The number of imidazole rings is 1. The van der Waals surface area contributed by atoms with E-state index in [1.807, 2.05) is 61.3 Å². The van der Waals surface area contributed by atoms with Crippen molar-refractivity contribution in [2.75, 3.05) is 11.9 Å². The summed E-state index contributed by atoms with van der Waals surface area (Å²) in [5.41, 5.74) is 3.37. The summed E-state index contributed by atoms with van der Waals surface area (Å²) in [7, 11) is 0. The number of amidine groups is 2. The van der Waals surface area contributed by atoms with Gasteiger partial charge < -0.3 is 14.8 Å². The molecule has 10 nitrogen and oxygen atoms in total. The van der Waals surface area contributed by atoms with E-state index < -0.39 is 0 Å². The van der Waals surface area contributed by atoms with Crippen LogP contribution in [0.25, 0.3) is 28.2 Å². The Hall–Kier alpha value is -4.08. The summed E-state index contributed by atoms with van der Waals surface area (Å²) >= 11 is 0. The second-order valence-corrected chi connectivity index (χ2v) is 9.06. The summed E-state index contributed by atoms with van der Waals surface area (Å²) in [4.78, 5) is 15.8. The van der Waals surface area contributed by atoms with E-state index in [1.165, 1.54) is 0 Å². The maximum atomic E-state index is 8.39. The maximum absolute atomic E-state index is 8.39. The molecule has 0 saturated carbocycles. The van der Waals surface area contributed by atoms with Crippen LogP contribution in [0.1, 0.15) is 33.6 Å². The van der Waals surface area contributed by atoms with Crippen LogP contribution in [0, 0.1) is 16.7 Å². The average molecular weight is 471 g/mol. The Balaban J connectivity index is 1.46. The minimum atomic E-state index is 0.0531. The van der Waals surface area contributed by atoms with Crippen molar-refractivity contribution in [3.05, 3.63) is 49.1 Å². The molecule has 10 heteroatoms. The zero-order chi connectivity index (χ0) is 24.5. The van der Waals surface area contributed by atoms with Crippen molar-refractivity contribution in [2.45, 2.75) is 46.2 Å². The predicted molar refractivity (Wildman–Crippen MR) is 137 cm³/mol. The fraction of sp³-hybridized carbons (Fsp3) is 0.360. The van der Waals surface area contributed by atoms with Crippen molar-refractivity contribution in [3.8, 4) is 17.1 Å². The minimum Gasteiger partial charge on any atom is -0.364 e. The van der Waals surface area contributed by atoms with Gasteiger partial charge in [0.25, 0.3) is 0 Å². The molecule has 1 atom stereocenters. The van der Waals surface area contributed by atoms with Gasteiger partial charge in [0.2, 0.25) is 0 Å². The Morgan fingerprint density at radius 2 is 2.00 bits per heavy atom. The molecular formula is C25H30N10. The summed E-state index contributed by atoms with van der Waals surface area (Å²) in [5.74, 6) is 2.51. The number of piperidine rings is 1. The van der Waals surface area contributed by atoms with E-state index in [9.17, 15) is 0 Å². The quantitative estimate of drug-likeness (QED) is 0.287. The number of nitrogens with zero attached hydrogens (tertiary/aromatic N) is 7. The minimum absolute atomic E-state index is 0.0531. The van der Waals surface area contributed by atoms with Gasteiger partial charge in [0, 0.05) is 37.7 Å². The average Bonchev–Trinajstić information content (AvgIpc) is 3.50. The van der Waals surface area contributed by atoms with Gasteiger partial charge in [-0.2, -0.15) is 5.10 Å². The van der Waals surface area contributed by atoms with Gasteiger partial charge in [0.15, 0.2) is 17.0 Å². The lowest BCUT2D eigenvalue weighted by molar-refractivity contribution is 0.446. The molecule has 1 aliphatic heterocycles. The lowest BCUT2D eigenvalue weighted by Gasteiger charge is -2.36. The van der Waals surface area contributed by atoms with Gasteiger partial charge in [0.1, 0.15) is 23.8 Å². The van der Waals surface area contributed by atoms with E-state index in [1.54, 1.807) is 11.2 Å². The lowest BCUT2D eigenvalue weighted by atomic mass is 10.0. The molecule has 0 spiro atoms. The van der Waals surface area contributed by atoms with Gasteiger partial charge in [-0.15, -0.1) is 0 Å². The highest BCUT2D eigenvalue weighted by atomic mass is 15.3. The Labute approximate surface area is 204 Å². The Morgan fingerprint density at radius 1 is 1.20 bits per heavy atom. The molecule has 1 aliphatic rings. The summed E-state index contributed by atoms with van der Waals surface area (Å²) in [6.07, 6.45) is 6.79. The van der Waals surface area contributed by atoms with Crippen molar-refractivity contribution in [1.82, 2.24) is 34.2 Å². The highest BCUT2D eigenvalue weighted by Crippen LogP contribution is 2.28. The van der Waals surface area contributed by atoms with Gasteiger partial charge in [-0.1, -0.05) is 32.0 Å². The number of rotatable bonds is 6. The standard InChI is InChI=1S/C25H30N10/c1-4-33-24(17-12-30-35(13-17)19-8-6-5-7-9-19)32-21-23(28-15-29-25(21)33)31-18-10-11-20(26)34(14-18)22(27)16(2)3/h5-9,12-13,15-16,18,26-27H,4,10-11,14H2,1-3H3,(H,28,29,31). The van der Waals surface area contributed by atoms with Crippen molar-refractivity contribution in [1.29, 1.82) is 10.8 Å². The third kappa shape index (κ3) is 4.27. The monoisotopic (exact) mass is 470 g/mol. The molecule has 1 saturated heterocycles. The van der Waals surface area contributed by atoms with Crippen LogP contribution in [0.4, 0.5) is 5.82 Å². The Kier molecular flexibility index (Phi) is 6.02. The fourth-order valence-electron chi connectivity index (χ4n) is 4.46. The molecule has 4 heterocycles. The fourth-order valence-corrected chi connectivity index (χ4v) is 4.46. The van der Waals surface area contributed by atoms with Gasteiger partial charge in [-0.25, -0.2) is 19.6 Å². The van der Waals surface area contributed by atoms with Crippen LogP contribution < -0.4 is 5.32 Å². The van der Waals surface area contributed by atoms with E-state index in [2.05, 4.69) is 31.9 Å². The van der Waals surface area contributed by atoms with E-state index in [0.717, 1.165) is 29.1 Å². The zero-order valence-corrected chi connectivity index (χ0v) is 20.2. The van der Waals surface area contributed by atoms with Crippen molar-refractivity contribution in [3.63, 3.8) is 0 Å². The van der Waals surface area contributed by atoms with Gasteiger partial charge in [-0.3, -0.25) is 10.8 Å². The number of fused-ring (bicyclic) bond motifs is 1. The highest BCUT2D eigenvalue weighted by molar-refractivity contribution is 5.99. The number of anilines is 1. The number of hydrogen-bond acceptors (Lipinski definition) is 7. The summed E-state index contributed by atoms with van der Waals surface area (Å²) in [5, 5.41) is 24.8. The second kappa shape index (κ2) is 9.28. The molecule has 1 fully saturated rings. The second-order valence-electron chi connectivity index (χ2n) is 9.06. The first-order valence-electron chi connectivity index (χ1n) is 12.0. The molecule has 1 unspecified atom stereocenters. The van der Waals surface area contributed by atoms with Crippen LogP contribution in [0.3, 0.4) is 0 Å². The van der Waals surface area contributed by atoms with Gasteiger partial charge >= 0.3 is 0 Å². The molecule has 3 aromatic heterocycles. The topological polar surface area (TPSA) is 124 Å². The lowest BCUT2D eigenvalue weighted by Crippen LogP contribution is -2.49. The summed E-state index contributed by atoms with van der Waals surface area (Å²) in [6.45, 7) is 7.31. The van der Waals surface area contributed by atoms with Crippen LogP contribution in [0.5, 0.6) is 0 Å². The Morgan fingerprint density at radius 3 is 2.74 bits per heavy atom. The molecule has 5 rings (SSSR count). The SMILES string of the molecule is CCn1c(-c2cnn(-c3ccccc3)c2)nc2c(NC3CCC(=N)N(C(=N)C(C)C)C3)ncnc21. The van der Waals surface area contributed by atoms with Crippen molar-refractivity contribution in [2.24, 2.45) is 5.92 Å². The van der Waals surface area contributed by atoms with Crippen LogP contribution in [0.15, 0.2) is 49.1 Å². The molecule has 4 aromatic rings. The predicted octanol–water partition coefficient (Wildman–Crippen LogP) is 4.19. The van der Waals surface area contributed by atoms with Gasteiger partial charge in [-0.05, 0) is 25.5 Å². The third-order valence-corrected chi connectivity index (χ3v) is 6.35. The van der Waals surface area contributed by atoms with Crippen molar-refractivity contribution < 1.29 is 0 Å². The van der Waals surface area contributed by atoms with E-state index in [0.29, 0.717) is 42.5 Å². The number of hydrogen-bond donors (Lipinski definition) is 3. The first-order valence-corrected chi connectivity index (χ1v) is 12.0. The van der Waals surface area contributed by atoms with Crippen LogP contribution in [-0.4, -0.2) is 58.5 Å². The molecule has 0 amide bonds. The van der Waals surface area contributed by atoms with Crippen molar-refractivity contribution >= 4 is 28.7 Å². The number of benzene rings is 1. The molecule has 35 heavy (non-hydrogen) atoms. The highest BCUT2D eigenvalue weighted by Gasteiger charge is 2.28. The van der Waals surface area contributed by atoms with Gasteiger partial charge in [0.05, 0.1) is 17.4 Å². The van der Waals surface area contributed by atoms with E-state index >= 15 is 0 Å². The first kappa shape index (κ1) is 22.7. The molecule has 3 N–H and O–H groups in total. The zero-order valence-electron chi connectivity index (χ0n) is 20.2. The number of aromatic nitrogens is 6. The normalized spacial score (nSPS) is 16.3. The summed E-state index contributed by atoms with van der Waals surface area (Å²) in [6, 6.07) is 10.0. The number of para-hydroxylation sites is 1. The molecule has 180 valence electrons. The maximum Gasteiger partial charge on any atom is 0.165 e. The number of aryl methyl sites for hydroxylation is 1. The molecule has 0 radical (unpaired) electrons. The van der Waals surface area contributed by atoms with Crippen LogP contribution >= 0.6 is 0 Å². The third-order valence-electron chi connectivity index (χ3n) is 6.35. The van der Waals surface area contributed by atoms with E-state index in [-0.39, 0.29) is 12.0 Å². The largest absolute Gasteiger partial charge is 0.364 e. The molecular weight excluding hydrogens is 440 g/mol. The number of nitrogens with one attached hydrogen (secondary N) is 3. The van der Waals surface area contributed by atoms with Crippen LogP contribution in [0.2, 0.25) is 0 Å². The molecule has 0 bridgehead atoms. The Bertz CT molecular complexity index is 1370. The first-order chi connectivity index (χ1) is 17.0. The summed E-state index contributed by atoms with van der Waals surface area (Å²) < 4.78 is 3.92. The molecule has 0 aliphatic carbocycles. The number of likely N-dealkylation sites (tertiary alicyclic amines) is 1. The van der Waals surface area contributed by atoms with Crippen LogP contribution in [-0.2, 0) is 6.54 Å². The molecule has 1 aromatic carbocycles. The van der Waals surface area contributed by atoms with E-state index in [4.69, 9.17) is 15.8 Å².